The number of aliphatic imine (C=N–C) groups is 1. The molecule has 0 aliphatic rings. The van der Waals surface area contributed by atoms with Crippen molar-refractivity contribution in [2.24, 2.45) is 4.99 Å². The van der Waals surface area contributed by atoms with Gasteiger partial charge in [-0.15, -0.1) is 0 Å². The van der Waals surface area contributed by atoms with Crippen LogP contribution in [0.5, 0.6) is 11.5 Å². The molecule has 0 heterocycles. The Morgan fingerprint density at radius 3 is 2.07 bits per heavy atom. The fourth-order valence-electron chi connectivity index (χ4n) is 2.32. The average molecular weight is 369 g/mol. The lowest BCUT2D eigenvalue weighted by Crippen LogP contribution is -2.29. The second-order valence-electron chi connectivity index (χ2n) is 5.58. The largest absolute Gasteiger partial charge is 0.461 e. The highest BCUT2D eigenvalue weighted by molar-refractivity contribution is 6.62. The molecule has 0 amide bonds. The topological polar surface area (TPSA) is 74.2 Å². The summed E-state index contributed by atoms with van der Waals surface area (Å²) in [5, 5.41) is 0. The summed E-state index contributed by atoms with van der Waals surface area (Å²) in [6, 6.07) is 16.2. The number of esters is 2. The fourth-order valence-corrected chi connectivity index (χ4v) is 2.32. The molecule has 0 fully saturated rings. The van der Waals surface area contributed by atoms with Crippen molar-refractivity contribution in [3.8, 4) is 11.5 Å². The van der Waals surface area contributed by atoms with E-state index in [0.29, 0.717) is 11.5 Å². The van der Waals surface area contributed by atoms with E-state index >= 15 is 0 Å². The van der Waals surface area contributed by atoms with Gasteiger partial charge >= 0.3 is 11.9 Å². The first-order valence-electron chi connectivity index (χ1n) is 8.80. The summed E-state index contributed by atoms with van der Waals surface area (Å²) < 4.78 is 15.6. The van der Waals surface area contributed by atoms with Crippen LogP contribution in [-0.2, 0) is 19.1 Å². The molecule has 6 nitrogen and oxygen atoms in total. The molecule has 142 valence electrons. The molecule has 0 saturated heterocycles. The molecular formula is C21H23NO5. The van der Waals surface area contributed by atoms with Crippen molar-refractivity contribution in [2.45, 2.75) is 26.8 Å². The van der Waals surface area contributed by atoms with Crippen LogP contribution in [0.4, 0.5) is 0 Å². The molecule has 27 heavy (non-hydrogen) atoms. The van der Waals surface area contributed by atoms with Gasteiger partial charge in [0.2, 0.25) is 5.71 Å². The van der Waals surface area contributed by atoms with Crippen molar-refractivity contribution >= 4 is 17.7 Å². The molecule has 0 aliphatic heterocycles. The SMILES string of the molecule is CCOC(=O)C(=NC(C)c1cccc(Oc2ccccc2)c1)C(=O)OCC. The van der Waals surface area contributed by atoms with E-state index in [9.17, 15) is 9.59 Å². The molecule has 0 radical (unpaired) electrons. The zero-order valence-corrected chi connectivity index (χ0v) is 15.7. The van der Waals surface area contributed by atoms with Crippen LogP contribution in [0.15, 0.2) is 59.6 Å². The Labute approximate surface area is 158 Å². The van der Waals surface area contributed by atoms with E-state index in [1.54, 1.807) is 20.8 Å². The fraction of sp³-hybridized carbons (Fsp3) is 0.286. The van der Waals surface area contributed by atoms with E-state index in [2.05, 4.69) is 4.99 Å². The number of benzene rings is 2. The first kappa shape index (κ1) is 20.2. The molecule has 2 aromatic rings. The summed E-state index contributed by atoms with van der Waals surface area (Å²) >= 11 is 0. The molecule has 2 rings (SSSR count). The van der Waals surface area contributed by atoms with Gasteiger partial charge in [-0.1, -0.05) is 30.3 Å². The number of carbonyl (C=O) groups is 2. The number of carbonyl (C=O) groups excluding carboxylic acids is 2. The van der Waals surface area contributed by atoms with Crippen LogP contribution in [0.25, 0.3) is 0 Å². The van der Waals surface area contributed by atoms with Gasteiger partial charge in [0.25, 0.3) is 0 Å². The van der Waals surface area contributed by atoms with Gasteiger partial charge in [0.1, 0.15) is 11.5 Å². The Hall–Kier alpha value is -3.15. The Balaban J connectivity index is 2.24. The molecule has 2 aromatic carbocycles. The van der Waals surface area contributed by atoms with Crippen LogP contribution in [0, 0.1) is 0 Å². The van der Waals surface area contributed by atoms with E-state index in [1.165, 1.54) is 0 Å². The van der Waals surface area contributed by atoms with Crippen molar-refractivity contribution in [2.75, 3.05) is 13.2 Å². The van der Waals surface area contributed by atoms with Gasteiger partial charge in [0, 0.05) is 0 Å². The first-order valence-corrected chi connectivity index (χ1v) is 8.80. The molecular weight excluding hydrogens is 346 g/mol. The summed E-state index contributed by atoms with van der Waals surface area (Å²) in [7, 11) is 0. The quantitative estimate of drug-likeness (QED) is 0.398. The smallest absolute Gasteiger partial charge is 0.364 e. The monoisotopic (exact) mass is 369 g/mol. The van der Waals surface area contributed by atoms with Crippen molar-refractivity contribution in [3.05, 3.63) is 60.2 Å². The van der Waals surface area contributed by atoms with Gasteiger partial charge in [-0.2, -0.15) is 0 Å². The highest BCUT2D eigenvalue weighted by atomic mass is 16.6. The van der Waals surface area contributed by atoms with Gasteiger partial charge in [0.05, 0.1) is 19.3 Å². The van der Waals surface area contributed by atoms with Crippen molar-refractivity contribution in [1.82, 2.24) is 0 Å². The van der Waals surface area contributed by atoms with Crippen LogP contribution in [0.3, 0.4) is 0 Å². The van der Waals surface area contributed by atoms with Crippen LogP contribution in [0.2, 0.25) is 0 Å². The zero-order chi connectivity index (χ0) is 19.6. The summed E-state index contributed by atoms with van der Waals surface area (Å²) in [6.07, 6.45) is 0. The van der Waals surface area contributed by atoms with E-state index < -0.39 is 18.0 Å². The van der Waals surface area contributed by atoms with E-state index in [0.717, 1.165) is 5.56 Å². The maximum atomic E-state index is 12.1. The third-order valence-corrected chi connectivity index (χ3v) is 3.58. The Morgan fingerprint density at radius 2 is 1.48 bits per heavy atom. The maximum absolute atomic E-state index is 12.1. The van der Waals surface area contributed by atoms with Crippen molar-refractivity contribution < 1.29 is 23.8 Å². The van der Waals surface area contributed by atoms with Gasteiger partial charge in [-0.3, -0.25) is 4.99 Å². The van der Waals surface area contributed by atoms with Crippen LogP contribution in [0.1, 0.15) is 32.4 Å². The minimum absolute atomic E-state index is 0.145. The van der Waals surface area contributed by atoms with Gasteiger partial charge in [-0.25, -0.2) is 9.59 Å². The van der Waals surface area contributed by atoms with Gasteiger partial charge in [0.15, 0.2) is 0 Å². The summed E-state index contributed by atoms with van der Waals surface area (Å²) in [4.78, 5) is 28.4. The number of para-hydroxylation sites is 1. The number of hydrogen-bond acceptors (Lipinski definition) is 6. The third-order valence-electron chi connectivity index (χ3n) is 3.58. The lowest BCUT2D eigenvalue weighted by atomic mass is 10.1. The second-order valence-corrected chi connectivity index (χ2v) is 5.58. The summed E-state index contributed by atoms with van der Waals surface area (Å²) in [6.45, 7) is 5.39. The van der Waals surface area contributed by atoms with Crippen molar-refractivity contribution in [1.29, 1.82) is 0 Å². The Bertz CT molecular complexity index is 781. The Kier molecular flexibility index (Phi) is 7.55. The highest BCUT2D eigenvalue weighted by Crippen LogP contribution is 2.26. The molecule has 1 atom stereocenters. The second kappa shape index (κ2) is 10.1. The molecule has 0 aromatic heterocycles. The van der Waals surface area contributed by atoms with Gasteiger partial charge in [-0.05, 0) is 50.6 Å². The predicted octanol–water partition coefficient (Wildman–Crippen LogP) is 4.11. The molecule has 0 spiro atoms. The molecule has 0 N–H and O–H groups in total. The molecule has 0 bridgehead atoms. The number of rotatable bonds is 8. The van der Waals surface area contributed by atoms with Gasteiger partial charge < -0.3 is 14.2 Å². The van der Waals surface area contributed by atoms with Crippen LogP contribution >= 0.6 is 0 Å². The first-order chi connectivity index (χ1) is 13.0. The maximum Gasteiger partial charge on any atom is 0.364 e. The normalized spacial score (nSPS) is 11.2. The van der Waals surface area contributed by atoms with E-state index in [-0.39, 0.29) is 18.9 Å². The average Bonchev–Trinajstić information content (AvgIpc) is 2.67. The van der Waals surface area contributed by atoms with Crippen LogP contribution in [-0.4, -0.2) is 30.9 Å². The predicted molar refractivity (Wildman–Crippen MR) is 102 cm³/mol. The van der Waals surface area contributed by atoms with E-state index in [4.69, 9.17) is 14.2 Å². The third kappa shape index (κ3) is 5.95. The lowest BCUT2D eigenvalue weighted by Gasteiger charge is -2.12. The molecule has 0 aliphatic carbocycles. The lowest BCUT2D eigenvalue weighted by molar-refractivity contribution is -0.140. The molecule has 1 unspecified atom stereocenters. The Morgan fingerprint density at radius 1 is 0.889 bits per heavy atom. The summed E-state index contributed by atoms with van der Waals surface area (Å²) in [5.41, 5.74) is 0.440. The zero-order valence-electron chi connectivity index (χ0n) is 15.7. The standard InChI is InChI=1S/C21H23NO5/c1-4-25-20(23)19(21(24)26-5-2)22-15(3)16-10-9-13-18(14-16)27-17-11-7-6-8-12-17/h6-15H,4-5H2,1-3H3. The molecule has 6 heteroatoms. The number of hydrogen-bond donors (Lipinski definition) is 0. The number of nitrogens with zero attached hydrogens (tertiary/aromatic N) is 1. The van der Waals surface area contributed by atoms with Crippen molar-refractivity contribution in [3.63, 3.8) is 0 Å². The highest BCUT2D eigenvalue weighted by Gasteiger charge is 2.24. The minimum atomic E-state index is -0.792. The summed E-state index contributed by atoms with van der Waals surface area (Å²) in [5.74, 6) is -0.238. The number of ether oxygens (including phenoxy) is 3. The minimum Gasteiger partial charge on any atom is -0.461 e. The van der Waals surface area contributed by atoms with E-state index in [1.807, 2.05) is 54.6 Å². The van der Waals surface area contributed by atoms with Crippen LogP contribution < -0.4 is 4.74 Å². The molecule has 0 saturated carbocycles.